The van der Waals surface area contributed by atoms with E-state index in [0.29, 0.717) is 16.5 Å². The molecule has 3 heterocycles. The van der Waals surface area contributed by atoms with E-state index in [4.69, 9.17) is 0 Å². The number of pyridine rings is 1. The zero-order chi connectivity index (χ0) is 17.8. The number of carbonyl (C=O) groups excluding carboxylic acids is 3. The summed E-state index contributed by atoms with van der Waals surface area (Å²) in [6.45, 7) is 1.79. The lowest BCUT2D eigenvalue weighted by Gasteiger charge is -2.12. The summed E-state index contributed by atoms with van der Waals surface area (Å²) in [7, 11) is 0. The number of amides is 3. The molecule has 3 amide bonds. The molecule has 10 heteroatoms. The minimum absolute atomic E-state index is 0.153. The second-order valence-electron chi connectivity index (χ2n) is 4.95. The fourth-order valence-electron chi connectivity index (χ4n) is 2.19. The first kappa shape index (κ1) is 16.7. The number of imide groups is 1. The van der Waals surface area contributed by atoms with E-state index >= 15 is 0 Å². The average Bonchev–Trinajstić information content (AvgIpc) is 3.21. The van der Waals surface area contributed by atoms with E-state index in [1.165, 1.54) is 17.4 Å². The number of aromatic nitrogens is 1. The molecule has 1 unspecified atom stereocenters. The lowest BCUT2D eigenvalue weighted by molar-refractivity contribution is -0.116. The van der Waals surface area contributed by atoms with Crippen molar-refractivity contribution in [3.63, 3.8) is 0 Å². The van der Waals surface area contributed by atoms with Crippen LogP contribution in [0.1, 0.15) is 17.3 Å². The Morgan fingerprint density at radius 1 is 1.32 bits per heavy atom. The van der Waals surface area contributed by atoms with Gasteiger partial charge in [0.15, 0.2) is 12.0 Å². The van der Waals surface area contributed by atoms with Crippen molar-refractivity contribution in [2.75, 3.05) is 22.6 Å². The predicted octanol–water partition coefficient (Wildman–Crippen LogP) is 1.83. The molecule has 2 aromatic rings. The summed E-state index contributed by atoms with van der Waals surface area (Å²) in [6, 6.07) is 5.07. The summed E-state index contributed by atoms with van der Waals surface area (Å²) in [6.07, 6.45) is 0.0647. The fourth-order valence-corrected chi connectivity index (χ4v) is 2.98. The molecule has 1 aliphatic heterocycles. The van der Waals surface area contributed by atoms with Crippen LogP contribution in [0.5, 0.6) is 0 Å². The number of hydrogen-bond acceptors (Lipinski definition) is 8. The number of alkyl carbamates (subject to hydrolysis) is 1. The molecule has 1 aliphatic rings. The molecule has 3 rings (SSSR count). The lowest BCUT2D eigenvalue weighted by atomic mass is 10.3. The van der Waals surface area contributed by atoms with Gasteiger partial charge in [-0.25, -0.2) is 9.78 Å². The van der Waals surface area contributed by atoms with Gasteiger partial charge in [0, 0.05) is 6.20 Å². The molecule has 9 nitrogen and oxygen atoms in total. The molecule has 0 bridgehead atoms. The summed E-state index contributed by atoms with van der Waals surface area (Å²) in [4.78, 5) is 40.0. The molecule has 0 fully saturated rings. The minimum atomic E-state index is -0.836. The first-order chi connectivity index (χ1) is 12.1. The monoisotopic (exact) mass is 361 g/mol. The van der Waals surface area contributed by atoms with Crippen LogP contribution in [0.25, 0.3) is 0 Å². The molecule has 130 valence electrons. The second-order valence-corrected chi connectivity index (χ2v) is 5.86. The molecule has 0 aliphatic carbocycles. The van der Waals surface area contributed by atoms with E-state index in [1.807, 2.05) is 0 Å². The summed E-state index contributed by atoms with van der Waals surface area (Å²) in [5, 5.41) is 12.7. The van der Waals surface area contributed by atoms with E-state index in [1.54, 1.807) is 30.6 Å². The number of rotatable bonds is 4. The highest BCUT2D eigenvalue weighted by atomic mass is 32.1. The maximum Gasteiger partial charge on any atom is 0.414 e. The standard InChI is InChI=1S/C15H15N5O4S/c1-2-24-15(23)20-12(21)8-5-7-25-14(8)19-13(22)11-17-9-4-3-6-16-10(9)18-11/h3-7,11,17H,2H2,1H3,(H,16,18)(H,19,22)(H,20,21,23). The van der Waals surface area contributed by atoms with Gasteiger partial charge in [-0.05, 0) is 30.5 Å². The van der Waals surface area contributed by atoms with Crippen LogP contribution in [0.2, 0.25) is 0 Å². The Morgan fingerprint density at radius 2 is 2.16 bits per heavy atom. The highest BCUT2D eigenvalue weighted by Crippen LogP contribution is 2.27. The normalized spacial score (nSPS) is 14.7. The third-order valence-corrected chi connectivity index (χ3v) is 4.12. The van der Waals surface area contributed by atoms with Crippen molar-refractivity contribution < 1.29 is 19.1 Å². The third kappa shape index (κ3) is 3.69. The Morgan fingerprint density at radius 3 is 2.92 bits per heavy atom. The van der Waals surface area contributed by atoms with Gasteiger partial charge < -0.3 is 20.7 Å². The molecule has 25 heavy (non-hydrogen) atoms. The molecule has 0 aromatic carbocycles. The largest absolute Gasteiger partial charge is 0.450 e. The Bertz CT molecular complexity index is 797. The Balaban J connectivity index is 1.64. The number of nitrogens with one attached hydrogen (secondary N) is 4. The van der Waals surface area contributed by atoms with Crippen LogP contribution in [0.4, 0.5) is 21.3 Å². The van der Waals surface area contributed by atoms with Gasteiger partial charge in [0.2, 0.25) is 0 Å². The third-order valence-electron chi connectivity index (χ3n) is 3.29. The van der Waals surface area contributed by atoms with Gasteiger partial charge in [0.25, 0.3) is 11.8 Å². The highest BCUT2D eigenvalue weighted by molar-refractivity contribution is 7.14. The SMILES string of the molecule is CCOC(=O)NC(=O)c1ccsc1NC(=O)C1Nc2cccnc2N1. The van der Waals surface area contributed by atoms with E-state index in [2.05, 4.69) is 31.0 Å². The van der Waals surface area contributed by atoms with Crippen molar-refractivity contribution in [1.29, 1.82) is 0 Å². The Labute approximate surface area is 146 Å². The summed E-state index contributed by atoms with van der Waals surface area (Å²) in [5.41, 5.74) is 0.897. The second kappa shape index (κ2) is 7.18. The first-order valence-electron chi connectivity index (χ1n) is 7.43. The van der Waals surface area contributed by atoms with Crippen LogP contribution in [-0.2, 0) is 9.53 Å². The zero-order valence-corrected chi connectivity index (χ0v) is 14.0. The van der Waals surface area contributed by atoms with Gasteiger partial charge in [-0.3, -0.25) is 14.9 Å². The maximum absolute atomic E-state index is 12.4. The number of nitrogens with zero attached hydrogens (tertiary/aromatic N) is 1. The zero-order valence-electron chi connectivity index (χ0n) is 13.2. The molecule has 4 N–H and O–H groups in total. The fraction of sp³-hybridized carbons (Fsp3) is 0.200. The van der Waals surface area contributed by atoms with E-state index in [-0.39, 0.29) is 18.1 Å². The van der Waals surface area contributed by atoms with E-state index in [9.17, 15) is 14.4 Å². The lowest BCUT2D eigenvalue weighted by Crippen LogP contribution is -2.37. The number of fused-ring (bicyclic) bond motifs is 1. The average molecular weight is 361 g/mol. The minimum Gasteiger partial charge on any atom is -0.450 e. The van der Waals surface area contributed by atoms with Crippen molar-refractivity contribution >= 4 is 45.8 Å². The van der Waals surface area contributed by atoms with Gasteiger partial charge in [0.05, 0.1) is 17.9 Å². The number of hydrogen-bond donors (Lipinski definition) is 4. The molecule has 2 aromatic heterocycles. The van der Waals surface area contributed by atoms with Crippen LogP contribution < -0.4 is 21.3 Å². The van der Waals surface area contributed by atoms with Crippen LogP contribution >= 0.6 is 11.3 Å². The molecular weight excluding hydrogens is 346 g/mol. The van der Waals surface area contributed by atoms with E-state index in [0.717, 1.165) is 0 Å². The number of anilines is 3. The smallest absolute Gasteiger partial charge is 0.414 e. The number of carbonyl (C=O) groups is 3. The van der Waals surface area contributed by atoms with Crippen LogP contribution in [-0.4, -0.2) is 35.7 Å². The summed E-state index contributed by atoms with van der Waals surface area (Å²) in [5.74, 6) is -0.452. The van der Waals surface area contributed by atoms with Crippen molar-refractivity contribution in [3.05, 3.63) is 35.3 Å². The van der Waals surface area contributed by atoms with Crippen molar-refractivity contribution in [2.45, 2.75) is 13.1 Å². The highest BCUT2D eigenvalue weighted by Gasteiger charge is 2.28. The van der Waals surface area contributed by atoms with Crippen molar-refractivity contribution in [2.24, 2.45) is 0 Å². The Hall–Kier alpha value is -3.14. The summed E-state index contributed by atoms with van der Waals surface area (Å²) < 4.78 is 4.67. The van der Waals surface area contributed by atoms with Crippen LogP contribution in [0.3, 0.4) is 0 Å². The quantitative estimate of drug-likeness (QED) is 0.655. The van der Waals surface area contributed by atoms with Gasteiger partial charge in [-0.15, -0.1) is 11.3 Å². The van der Waals surface area contributed by atoms with E-state index < -0.39 is 18.2 Å². The van der Waals surface area contributed by atoms with Gasteiger partial charge >= 0.3 is 6.09 Å². The molecule has 0 spiro atoms. The molecule has 0 saturated heterocycles. The maximum atomic E-state index is 12.4. The Kier molecular flexibility index (Phi) is 4.80. The number of ether oxygens (including phenoxy) is 1. The summed E-state index contributed by atoms with van der Waals surface area (Å²) >= 11 is 1.17. The van der Waals surface area contributed by atoms with Crippen molar-refractivity contribution in [1.82, 2.24) is 10.3 Å². The molecule has 0 radical (unpaired) electrons. The van der Waals surface area contributed by atoms with Crippen molar-refractivity contribution in [3.8, 4) is 0 Å². The molecule has 1 atom stereocenters. The first-order valence-corrected chi connectivity index (χ1v) is 8.31. The van der Waals surface area contributed by atoms with Crippen LogP contribution in [0, 0.1) is 0 Å². The topological polar surface area (TPSA) is 121 Å². The molecular formula is C15H15N5O4S. The van der Waals surface area contributed by atoms with Gasteiger partial charge in [-0.1, -0.05) is 0 Å². The van der Waals surface area contributed by atoms with Gasteiger partial charge in [-0.2, -0.15) is 0 Å². The van der Waals surface area contributed by atoms with Crippen LogP contribution in [0.15, 0.2) is 29.8 Å². The number of thiophene rings is 1. The van der Waals surface area contributed by atoms with Gasteiger partial charge in [0.1, 0.15) is 5.00 Å². The predicted molar refractivity (Wildman–Crippen MR) is 92.7 cm³/mol. The molecule has 0 saturated carbocycles.